The van der Waals surface area contributed by atoms with Crippen molar-refractivity contribution in [1.82, 2.24) is 19.8 Å². The molecule has 4 heterocycles. The fraction of sp³-hybridized carbons (Fsp3) is 0.577. The van der Waals surface area contributed by atoms with E-state index in [1.165, 1.54) is 18.5 Å². The Morgan fingerprint density at radius 2 is 2.03 bits per heavy atom. The summed E-state index contributed by atoms with van der Waals surface area (Å²) in [6, 6.07) is 3.44. The zero-order chi connectivity index (χ0) is 25.8. The van der Waals surface area contributed by atoms with Crippen molar-refractivity contribution < 1.29 is 22.7 Å². The van der Waals surface area contributed by atoms with Gasteiger partial charge in [0.2, 0.25) is 5.91 Å². The number of carbonyl (C=O) groups excluding carboxylic acids is 1. The molecule has 1 aromatic heterocycles. The number of nitrogens with zero attached hydrogens (tertiary/aromatic N) is 4. The van der Waals surface area contributed by atoms with Crippen molar-refractivity contribution in [3.63, 3.8) is 0 Å². The van der Waals surface area contributed by atoms with Crippen LogP contribution in [0.15, 0.2) is 24.5 Å². The lowest BCUT2D eigenvalue weighted by Crippen LogP contribution is -2.69. The number of aromatic nitrogens is 2. The largest absolute Gasteiger partial charge is 0.378 e. The molecule has 3 aliphatic rings. The molecule has 7 nitrogen and oxygen atoms in total. The van der Waals surface area contributed by atoms with Gasteiger partial charge in [0.25, 0.3) is 5.92 Å². The molecule has 1 N–H and O–H groups in total. The highest BCUT2D eigenvalue weighted by atomic mass is 19.3. The van der Waals surface area contributed by atoms with Crippen LogP contribution in [0.3, 0.4) is 0 Å². The van der Waals surface area contributed by atoms with E-state index in [2.05, 4.69) is 20.2 Å². The highest BCUT2D eigenvalue weighted by Gasteiger charge is 2.57. The first-order valence-electron chi connectivity index (χ1n) is 12.4. The molecule has 1 unspecified atom stereocenters. The lowest BCUT2D eigenvalue weighted by atomic mass is 9.71. The van der Waals surface area contributed by atoms with Gasteiger partial charge in [-0.15, -0.1) is 0 Å². The molecule has 1 amide bonds. The Morgan fingerprint density at radius 1 is 1.28 bits per heavy atom. The normalized spacial score (nSPS) is 24.9. The summed E-state index contributed by atoms with van der Waals surface area (Å²) in [5, 5.41) is 3.24. The number of anilines is 1. The minimum absolute atomic E-state index is 0.0450. The van der Waals surface area contributed by atoms with Gasteiger partial charge in [0, 0.05) is 43.8 Å². The second kappa shape index (κ2) is 8.99. The van der Waals surface area contributed by atoms with Gasteiger partial charge in [0.05, 0.1) is 29.9 Å². The van der Waals surface area contributed by atoms with E-state index in [4.69, 9.17) is 4.74 Å². The third-order valence-corrected chi connectivity index (χ3v) is 7.70. The fourth-order valence-electron chi connectivity index (χ4n) is 5.94. The number of halogens is 3. The predicted molar refractivity (Wildman–Crippen MR) is 128 cm³/mol. The molecular formula is C26H32F3N5O2. The van der Waals surface area contributed by atoms with E-state index in [9.17, 15) is 13.6 Å². The number of rotatable bonds is 5. The average Bonchev–Trinajstić information content (AvgIpc) is 2.79. The summed E-state index contributed by atoms with van der Waals surface area (Å²) in [7, 11) is 1.97. The lowest BCUT2D eigenvalue weighted by Gasteiger charge is -2.53. The van der Waals surface area contributed by atoms with Crippen LogP contribution in [-0.2, 0) is 27.4 Å². The van der Waals surface area contributed by atoms with Crippen LogP contribution >= 0.6 is 0 Å². The molecule has 2 saturated heterocycles. The second-order valence-electron chi connectivity index (χ2n) is 10.6. The topological polar surface area (TPSA) is 70.6 Å². The number of likely N-dealkylation sites (tertiary alicyclic amines) is 1. The number of amides is 1. The Morgan fingerprint density at radius 3 is 2.69 bits per heavy atom. The molecule has 0 radical (unpaired) electrons. The van der Waals surface area contributed by atoms with Crippen molar-refractivity contribution >= 4 is 11.7 Å². The standard InChI is InChI=1S/C26H32F3N5O2/c1-15-10-17(8-9-36-15)34-11-19-22(26(24(34)35)12-33(4)13-26)30-14-31-23(19)32-16(2)18-6-5-7-20(21(18)27)25(3,28)29/h5-7,14-17H,8-13H2,1-4H3,(H,30,31,32)/t15-,16-,17?/m1/s1. The van der Waals surface area contributed by atoms with Crippen LogP contribution in [0, 0.1) is 5.82 Å². The maximum atomic E-state index is 15.1. The molecule has 0 saturated carbocycles. The highest BCUT2D eigenvalue weighted by Crippen LogP contribution is 2.44. The van der Waals surface area contributed by atoms with Crippen molar-refractivity contribution in [3.05, 3.63) is 52.7 Å². The van der Waals surface area contributed by atoms with Crippen LogP contribution in [0.5, 0.6) is 0 Å². The van der Waals surface area contributed by atoms with Crippen LogP contribution in [0.1, 0.15) is 62.0 Å². The van der Waals surface area contributed by atoms with Crippen molar-refractivity contribution in [3.8, 4) is 0 Å². The molecule has 194 valence electrons. The first-order valence-corrected chi connectivity index (χ1v) is 12.4. The van der Waals surface area contributed by atoms with E-state index >= 15 is 4.39 Å². The molecule has 36 heavy (non-hydrogen) atoms. The zero-order valence-electron chi connectivity index (χ0n) is 21.0. The summed E-state index contributed by atoms with van der Waals surface area (Å²) in [5.74, 6) is -3.66. The third-order valence-electron chi connectivity index (χ3n) is 7.70. The number of hydrogen-bond donors (Lipinski definition) is 1. The summed E-state index contributed by atoms with van der Waals surface area (Å²) in [5.41, 5.74) is 0.235. The van der Waals surface area contributed by atoms with E-state index in [-0.39, 0.29) is 23.6 Å². The number of benzene rings is 1. The molecule has 0 aliphatic carbocycles. The summed E-state index contributed by atoms with van der Waals surface area (Å²) in [4.78, 5) is 26.9. The van der Waals surface area contributed by atoms with Crippen molar-refractivity contribution in [2.45, 2.75) is 69.7 Å². The maximum Gasteiger partial charge on any atom is 0.273 e. The summed E-state index contributed by atoms with van der Waals surface area (Å²) >= 11 is 0. The number of fused-ring (bicyclic) bond motifs is 2. The Balaban J connectivity index is 1.51. The van der Waals surface area contributed by atoms with Crippen LogP contribution in [0.4, 0.5) is 19.0 Å². The van der Waals surface area contributed by atoms with Gasteiger partial charge in [-0.25, -0.2) is 23.1 Å². The minimum atomic E-state index is -3.29. The van der Waals surface area contributed by atoms with Crippen molar-refractivity contribution in [2.75, 3.05) is 32.1 Å². The quantitative estimate of drug-likeness (QED) is 0.666. The summed E-state index contributed by atoms with van der Waals surface area (Å²) in [6.07, 6.45) is 2.99. The fourth-order valence-corrected chi connectivity index (χ4v) is 5.94. The summed E-state index contributed by atoms with van der Waals surface area (Å²) in [6.45, 7) is 6.46. The highest BCUT2D eigenvalue weighted by molar-refractivity contribution is 5.92. The van der Waals surface area contributed by atoms with Crippen LogP contribution in [-0.4, -0.2) is 64.6 Å². The van der Waals surface area contributed by atoms with Crippen molar-refractivity contribution in [2.24, 2.45) is 0 Å². The van der Waals surface area contributed by atoms with Gasteiger partial charge in [0.15, 0.2) is 0 Å². The van der Waals surface area contributed by atoms with Gasteiger partial charge >= 0.3 is 0 Å². The number of carbonyl (C=O) groups is 1. The smallest absolute Gasteiger partial charge is 0.273 e. The Kier molecular flexibility index (Phi) is 6.23. The molecule has 3 aliphatic heterocycles. The second-order valence-corrected chi connectivity index (χ2v) is 10.6. The Labute approximate surface area is 209 Å². The van der Waals surface area contributed by atoms with Gasteiger partial charge in [-0.3, -0.25) is 4.79 Å². The maximum absolute atomic E-state index is 15.1. The number of nitrogens with one attached hydrogen (secondary N) is 1. The molecule has 2 aromatic rings. The Bertz CT molecular complexity index is 1160. The van der Waals surface area contributed by atoms with E-state index in [1.807, 2.05) is 18.9 Å². The monoisotopic (exact) mass is 503 g/mol. The first-order chi connectivity index (χ1) is 17.0. The summed E-state index contributed by atoms with van der Waals surface area (Å²) < 4.78 is 48.6. The predicted octanol–water partition coefficient (Wildman–Crippen LogP) is 3.99. The number of likely N-dealkylation sites (N-methyl/N-ethyl adjacent to an activating group) is 1. The average molecular weight is 504 g/mol. The van der Waals surface area contributed by atoms with Gasteiger partial charge in [0.1, 0.15) is 23.4 Å². The van der Waals surface area contributed by atoms with E-state index < -0.39 is 28.8 Å². The van der Waals surface area contributed by atoms with Crippen molar-refractivity contribution in [1.29, 1.82) is 0 Å². The Hall–Kier alpha value is -2.72. The molecule has 2 fully saturated rings. The van der Waals surface area contributed by atoms with Crippen LogP contribution in [0.25, 0.3) is 0 Å². The van der Waals surface area contributed by atoms with E-state index in [0.29, 0.717) is 44.7 Å². The molecule has 0 bridgehead atoms. The molecule has 10 heteroatoms. The third kappa shape index (κ3) is 4.14. The van der Waals surface area contributed by atoms with Gasteiger partial charge in [-0.05, 0) is 33.7 Å². The molecule has 3 atom stereocenters. The molecular weight excluding hydrogens is 471 g/mol. The van der Waals surface area contributed by atoms with Gasteiger partial charge < -0.3 is 19.9 Å². The SMILES string of the molecule is C[C@@H]1CC(N2Cc3c(N[C@H](C)c4cccc(C(C)(F)F)c4F)ncnc3C3(CN(C)C3)C2=O)CCO1. The van der Waals surface area contributed by atoms with Crippen LogP contribution < -0.4 is 5.32 Å². The lowest BCUT2D eigenvalue weighted by molar-refractivity contribution is -0.152. The van der Waals surface area contributed by atoms with Gasteiger partial charge in [-0.2, -0.15) is 0 Å². The van der Waals surface area contributed by atoms with Gasteiger partial charge in [-0.1, -0.05) is 18.2 Å². The van der Waals surface area contributed by atoms with E-state index in [0.717, 1.165) is 24.5 Å². The number of alkyl halides is 2. The minimum Gasteiger partial charge on any atom is -0.378 e. The first kappa shape index (κ1) is 25.0. The molecule has 5 rings (SSSR count). The number of hydrogen-bond acceptors (Lipinski definition) is 6. The van der Waals surface area contributed by atoms with E-state index in [1.54, 1.807) is 6.92 Å². The molecule has 1 spiro atoms. The zero-order valence-corrected chi connectivity index (χ0v) is 21.0. The molecule has 1 aromatic carbocycles. The number of ether oxygens (including phenoxy) is 1. The van der Waals surface area contributed by atoms with Crippen LogP contribution in [0.2, 0.25) is 0 Å².